The molecule has 0 radical (unpaired) electrons. The summed E-state index contributed by atoms with van der Waals surface area (Å²) in [5, 5.41) is 2.75. The molecule has 1 aromatic rings. The van der Waals surface area contributed by atoms with Gasteiger partial charge in [0.15, 0.2) is 0 Å². The van der Waals surface area contributed by atoms with Gasteiger partial charge in [-0.1, -0.05) is 12.1 Å². The summed E-state index contributed by atoms with van der Waals surface area (Å²) in [5.41, 5.74) is 0.975. The number of carbonyl (C=O) groups excluding carboxylic acids is 2. The van der Waals surface area contributed by atoms with Gasteiger partial charge in [-0.3, -0.25) is 4.79 Å². The fourth-order valence-corrected chi connectivity index (χ4v) is 2.24. The van der Waals surface area contributed by atoms with E-state index in [2.05, 4.69) is 5.32 Å². The molecule has 6 nitrogen and oxygen atoms in total. The van der Waals surface area contributed by atoms with Crippen LogP contribution in [0.5, 0.6) is 5.75 Å². The third kappa shape index (κ3) is 4.25. The monoisotopic (exact) mass is 303 g/mol. The summed E-state index contributed by atoms with van der Waals surface area (Å²) < 4.78 is 5.09. The Balaban J connectivity index is 1.80. The summed E-state index contributed by atoms with van der Waals surface area (Å²) in [4.78, 5) is 26.7. The summed E-state index contributed by atoms with van der Waals surface area (Å²) in [7, 11) is 1.62. The van der Waals surface area contributed by atoms with Crippen LogP contribution in [0.4, 0.5) is 4.79 Å². The van der Waals surface area contributed by atoms with Crippen molar-refractivity contribution in [1.29, 1.82) is 0 Å². The Morgan fingerprint density at radius 3 is 2.23 bits per heavy atom. The first-order valence-electron chi connectivity index (χ1n) is 7.21. The summed E-state index contributed by atoms with van der Waals surface area (Å²) in [6, 6.07) is 7.40. The quantitative estimate of drug-likeness (QED) is 0.921. The molecule has 1 saturated heterocycles. The number of amides is 3. The molecule has 1 fully saturated rings. The second-order valence-corrected chi connectivity index (χ2v) is 5.05. The molecule has 1 N–H and O–H groups in total. The van der Waals surface area contributed by atoms with Crippen molar-refractivity contribution in [1.82, 2.24) is 15.1 Å². The molecule has 1 aliphatic rings. The van der Waals surface area contributed by atoms with E-state index in [4.69, 9.17) is 4.74 Å². The first kappa shape index (κ1) is 15.9. The molecule has 0 aromatic heterocycles. The van der Waals surface area contributed by atoms with Gasteiger partial charge in [-0.2, -0.15) is 0 Å². The maximum Gasteiger partial charge on any atom is 0.321 e. The van der Waals surface area contributed by atoms with Crippen LogP contribution in [0.2, 0.25) is 0 Å². The van der Waals surface area contributed by atoms with Crippen molar-refractivity contribution in [2.45, 2.75) is 6.92 Å². The standard InChI is InChI=1S/C16H21N3O3/c1-13(20)18-9-11-19(12-10-18)16(21)17-8-7-14-3-5-15(22-2)6-4-14/h3-8H,9-12H2,1-2H3,(H,17,21)/b8-7+. The number of piperazine rings is 1. The number of methoxy groups -OCH3 is 1. The van der Waals surface area contributed by atoms with Crippen LogP contribution in [-0.2, 0) is 4.79 Å². The Kier molecular flexibility index (Phi) is 5.41. The lowest BCUT2D eigenvalue weighted by Crippen LogP contribution is -2.52. The zero-order valence-electron chi connectivity index (χ0n) is 12.9. The highest BCUT2D eigenvalue weighted by molar-refractivity contribution is 5.77. The molecule has 0 bridgehead atoms. The van der Waals surface area contributed by atoms with Crippen LogP contribution in [0, 0.1) is 0 Å². The van der Waals surface area contributed by atoms with Gasteiger partial charge in [0.05, 0.1) is 7.11 Å². The molecule has 2 rings (SSSR count). The van der Waals surface area contributed by atoms with E-state index in [0.717, 1.165) is 11.3 Å². The third-order valence-electron chi connectivity index (χ3n) is 3.61. The van der Waals surface area contributed by atoms with Gasteiger partial charge in [0.1, 0.15) is 5.75 Å². The molecule has 118 valence electrons. The van der Waals surface area contributed by atoms with Crippen molar-refractivity contribution in [3.05, 3.63) is 36.0 Å². The number of hydrogen-bond acceptors (Lipinski definition) is 3. The second kappa shape index (κ2) is 7.49. The van der Waals surface area contributed by atoms with Gasteiger partial charge in [-0.05, 0) is 23.8 Å². The van der Waals surface area contributed by atoms with E-state index in [1.807, 2.05) is 30.3 Å². The van der Waals surface area contributed by atoms with Crippen LogP contribution in [0.1, 0.15) is 12.5 Å². The zero-order chi connectivity index (χ0) is 15.9. The average Bonchev–Trinajstić information content (AvgIpc) is 2.55. The lowest BCUT2D eigenvalue weighted by atomic mass is 10.2. The summed E-state index contributed by atoms with van der Waals surface area (Å²) in [6.45, 7) is 3.84. The second-order valence-electron chi connectivity index (χ2n) is 5.05. The van der Waals surface area contributed by atoms with Crippen LogP contribution in [0.3, 0.4) is 0 Å². The Hall–Kier alpha value is -2.50. The molecule has 0 spiro atoms. The lowest BCUT2D eigenvalue weighted by Gasteiger charge is -2.33. The Labute approximate surface area is 130 Å². The molecule has 0 atom stereocenters. The molecule has 0 saturated carbocycles. The number of carbonyl (C=O) groups is 2. The van der Waals surface area contributed by atoms with Crippen LogP contribution in [-0.4, -0.2) is 55.0 Å². The highest BCUT2D eigenvalue weighted by atomic mass is 16.5. The van der Waals surface area contributed by atoms with Crippen molar-refractivity contribution < 1.29 is 14.3 Å². The molecule has 1 heterocycles. The van der Waals surface area contributed by atoms with Gasteiger partial charge in [0.25, 0.3) is 0 Å². The van der Waals surface area contributed by atoms with Crippen molar-refractivity contribution in [3.8, 4) is 5.75 Å². The predicted molar refractivity (Wildman–Crippen MR) is 84.4 cm³/mol. The first-order valence-corrected chi connectivity index (χ1v) is 7.21. The maximum absolute atomic E-state index is 12.0. The van der Waals surface area contributed by atoms with Crippen molar-refractivity contribution in [2.24, 2.45) is 0 Å². The van der Waals surface area contributed by atoms with Crippen molar-refractivity contribution in [2.75, 3.05) is 33.3 Å². The van der Waals surface area contributed by atoms with Crippen molar-refractivity contribution in [3.63, 3.8) is 0 Å². The van der Waals surface area contributed by atoms with E-state index in [1.54, 1.807) is 30.0 Å². The Morgan fingerprint density at radius 2 is 1.68 bits per heavy atom. The molecule has 6 heteroatoms. The molecular formula is C16H21N3O3. The number of benzene rings is 1. The van der Waals surface area contributed by atoms with Gasteiger partial charge in [-0.15, -0.1) is 0 Å². The fourth-order valence-electron chi connectivity index (χ4n) is 2.24. The molecule has 0 unspecified atom stereocenters. The number of urea groups is 1. The third-order valence-corrected chi connectivity index (χ3v) is 3.61. The van der Waals surface area contributed by atoms with E-state index in [9.17, 15) is 9.59 Å². The number of nitrogens with one attached hydrogen (secondary N) is 1. The smallest absolute Gasteiger partial charge is 0.321 e. The minimum absolute atomic E-state index is 0.0551. The highest BCUT2D eigenvalue weighted by Crippen LogP contribution is 2.12. The number of rotatable bonds is 3. The van der Waals surface area contributed by atoms with Crippen LogP contribution < -0.4 is 10.1 Å². The molecule has 3 amide bonds. The van der Waals surface area contributed by atoms with Crippen LogP contribution in [0.25, 0.3) is 6.08 Å². The van der Waals surface area contributed by atoms with E-state index in [1.165, 1.54) is 0 Å². The largest absolute Gasteiger partial charge is 0.497 e. The highest BCUT2D eigenvalue weighted by Gasteiger charge is 2.21. The van der Waals surface area contributed by atoms with E-state index in [-0.39, 0.29) is 11.9 Å². The Morgan fingerprint density at radius 1 is 1.09 bits per heavy atom. The number of ether oxygens (including phenoxy) is 1. The first-order chi connectivity index (χ1) is 10.6. The van der Waals surface area contributed by atoms with Crippen molar-refractivity contribution >= 4 is 18.0 Å². The van der Waals surface area contributed by atoms with Crippen LogP contribution in [0.15, 0.2) is 30.5 Å². The zero-order valence-corrected chi connectivity index (χ0v) is 12.9. The molecule has 1 aromatic carbocycles. The number of hydrogen-bond donors (Lipinski definition) is 1. The van der Waals surface area contributed by atoms with Gasteiger partial charge < -0.3 is 19.9 Å². The summed E-state index contributed by atoms with van der Waals surface area (Å²) in [5.74, 6) is 0.851. The van der Waals surface area contributed by atoms with Gasteiger partial charge >= 0.3 is 6.03 Å². The average molecular weight is 303 g/mol. The van der Waals surface area contributed by atoms with Gasteiger partial charge in [-0.25, -0.2) is 4.79 Å². The van der Waals surface area contributed by atoms with E-state index >= 15 is 0 Å². The normalized spacial score (nSPS) is 15.0. The molecular weight excluding hydrogens is 282 g/mol. The maximum atomic E-state index is 12.0. The lowest BCUT2D eigenvalue weighted by molar-refractivity contribution is -0.130. The molecule has 22 heavy (non-hydrogen) atoms. The predicted octanol–water partition coefficient (Wildman–Crippen LogP) is 1.54. The van der Waals surface area contributed by atoms with Gasteiger partial charge in [0, 0.05) is 39.3 Å². The summed E-state index contributed by atoms with van der Waals surface area (Å²) in [6.07, 6.45) is 3.45. The number of nitrogens with zero attached hydrogens (tertiary/aromatic N) is 2. The Bertz CT molecular complexity index is 546. The topological polar surface area (TPSA) is 61.9 Å². The fraction of sp³-hybridized carbons (Fsp3) is 0.375. The molecule has 1 aliphatic heterocycles. The van der Waals surface area contributed by atoms with Crippen LogP contribution >= 0.6 is 0 Å². The van der Waals surface area contributed by atoms with E-state index < -0.39 is 0 Å². The summed E-state index contributed by atoms with van der Waals surface area (Å²) >= 11 is 0. The minimum atomic E-state index is -0.145. The van der Waals surface area contributed by atoms with E-state index in [0.29, 0.717) is 26.2 Å². The molecule has 0 aliphatic carbocycles. The SMILES string of the molecule is COc1ccc(/C=C/NC(=O)N2CCN(C(C)=O)CC2)cc1. The minimum Gasteiger partial charge on any atom is -0.497 e. The van der Waals surface area contributed by atoms with Gasteiger partial charge in [0.2, 0.25) is 5.91 Å².